The highest BCUT2D eigenvalue weighted by Gasteiger charge is 2.22. The second-order valence-corrected chi connectivity index (χ2v) is 4.44. The molecule has 5 nitrogen and oxygen atoms in total. The number of anilines is 1. The van der Waals surface area contributed by atoms with E-state index in [0.29, 0.717) is 6.04 Å². The summed E-state index contributed by atoms with van der Waals surface area (Å²) in [5.74, 6) is 0.0424. The first-order valence-electron chi connectivity index (χ1n) is 5.75. The maximum Gasteiger partial charge on any atom is 0.241 e. The fraction of sp³-hybridized carbons (Fsp3) is 0.636. The van der Waals surface area contributed by atoms with Crippen molar-refractivity contribution >= 4 is 11.6 Å². The molecule has 1 fully saturated rings. The Hall–Kier alpha value is -1.36. The molecule has 1 aromatic rings. The van der Waals surface area contributed by atoms with Crippen LogP contribution < -0.4 is 10.6 Å². The third-order valence-electron chi connectivity index (χ3n) is 2.77. The summed E-state index contributed by atoms with van der Waals surface area (Å²) in [6, 6.07) is 0.276. The number of aromatic nitrogens is 2. The van der Waals surface area contributed by atoms with E-state index in [-0.39, 0.29) is 11.9 Å². The lowest BCUT2D eigenvalue weighted by atomic mass is 10.2. The first kappa shape index (κ1) is 11.1. The molecule has 88 valence electrons. The Labute approximate surface area is 95.2 Å². The number of hydrogen-bond donors (Lipinski definition) is 2. The van der Waals surface area contributed by atoms with Crippen LogP contribution in [0.1, 0.15) is 32.7 Å². The van der Waals surface area contributed by atoms with Crippen molar-refractivity contribution in [3.05, 3.63) is 12.4 Å². The number of rotatable bonds is 3. The second kappa shape index (κ2) is 4.65. The zero-order chi connectivity index (χ0) is 11.5. The summed E-state index contributed by atoms with van der Waals surface area (Å²) in [5.41, 5.74) is 0.771. The molecule has 0 aromatic carbocycles. The summed E-state index contributed by atoms with van der Waals surface area (Å²) in [6.07, 6.45) is 5.54. The number of amides is 1. The van der Waals surface area contributed by atoms with Gasteiger partial charge in [-0.1, -0.05) is 0 Å². The highest BCUT2D eigenvalue weighted by Crippen LogP contribution is 2.12. The number of nitrogens with zero attached hydrogens (tertiary/aromatic N) is 2. The lowest BCUT2D eigenvalue weighted by Crippen LogP contribution is -2.35. The fourth-order valence-corrected chi connectivity index (χ4v) is 1.82. The summed E-state index contributed by atoms with van der Waals surface area (Å²) >= 11 is 0. The van der Waals surface area contributed by atoms with E-state index in [2.05, 4.69) is 29.6 Å². The van der Waals surface area contributed by atoms with E-state index in [0.717, 1.165) is 25.1 Å². The van der Waals surface area contributed by atoms with Crippen LogP contribution in [0.3, 0.4) is 0 Å². The van der Waals surface area contributed by atoms with Gasteiger partial charge in [-0.15, -0.1) is 0 Å². The maximum absolute atomic E-state index is 11.8. The normalized spacial score (nSPS) is 20.3. The van der Waals surface area contributed by atoms with Gasteiger partial charge in [0.2, 0.25) is 5.91 Å². The molecule has 1 aromatic heterocycles. The molecule has 1 aliphatic rings. The van der Waals surface area contributed by atoms with Gasteiger partial charge in [0, 0.05) is 12.2 Å². The van der Waals surface area contributed by atoms with Crippen molar-refractivity contribution in [2.75, 3.05) is 11.9 Å². The van der Waals surface area contributed by atoms with Crippen molar-refractivity contribution in [2.45, 2.75) is 38.8 Å². The lowest BCUT2D eigenvalue weighted by Gasteiger charge is -2.09. The Morgan fingerprint density at radius 3 is 3.06 bits per heavy atom. The largest absolute Gasteiger partial charge is 0.322 e. The molecule has 0 spiro atoms. The van der Waals surface area contributed by atoms with Crippen LogP contribution in [0.15, 0.2) is 12.4 Å². The SMILES string of the molecule is CC(C)n1cc(NC(=O)[C@H]2CCCN2)cn1. The quantitative estimate of drug-likeness (QED) is 0.806. The van der Waals surface area contributed by atoms with Crippen LogP contribution in [-0.2, 0) is 4.79 Å². The molecule has 0 radical (unpaired) electrons. The molecule has 1 saturated heterocycles. The minimum atomic E-state index is -0.0394. The molecule has 1 atom stereocenters. The minimum absolute atomic E-state index is 0.0394. The Morgan fingerprint density at radius 1 is 1.69 bits per heavy atom. The predicted octanol–water partition coefficient (Wildman–Crippen LogP) is 1.15. The number of hydrogen-bond acceptors (Lipinski definition) is 3. The molecule has 16 heavy (non-hydrogen) atoms. The predicted molar refractivity (Wildman–Crippen MR) is 62.3 cm³/mol. The van der Waals surface area contributed by atoms with Crippen molar-refractivity contribution in [3.63, 3.8) is 0 Å². The van der Waals surface area contributed by atoms with E-state index >= 15 is 0 Å². The molecule has 2 rings (SSSR count). The van der Waals surface area contributed by atoms with E-state index in [1.807, 2.05) is 10.9 Å². The van der Waals surface area contributed by atoms with E-state index < -0.39 is 0 Å². The van der Waals surface area contributed by atoms with Gasteiger partial charge in [0.1, 0.15) is 0 Å². The van der Waals surface area contributed by atoms with Crippen LogP contribution in [0.4, 0.5) is 5.69 Å². The Kier molecular flexibility index (Phi) is 3.24. The molecule has 1 aliphatic heterocycles. The highest BCUT2D eigenvalue weighted by molar-refractivity contribution is 5.94. The molecule has 1 amide bonds. The first-order valence-corrected chi connectivity index (χ1v) is 5.75. The van der Waals surface area contributed by atoms with Gasteiger partial charge < -0.3 is 10.6 Å². The van der Waals surface area contributed by atoms with Crippen LogP contribution in [-0.4, -0.2) is 28.3 Å². The summed E-state index contributed by atoms with van der Waals surface area (Å²) in [6.45, 7) is 5.04. The van der Waals surface area contributed by atoms with Crippen LogP contribution in [0.5, 0.6) is 0 Å². The topological polar surface area (TPSA) is 59.0 Å². The summed E-state index contributed by atoms with van der Waals surface area (Å²) in [7, 11) is 0. The zero-order valence-electron chi connectivity index (χ0n) is 9.73. The average Bonchev–Trinajstić information content (AvgIpc) is 2.87. The average molecular weight is 222 g/mol. The molecular formula is C11H18N4O. The van der Waals surface area contributed by atoms with Gasteiger partial charge in [-0.25, -0.2) is 0 Å². The van der Waals surface area contributed by atoms with Gasteiger partial charge >= 0.3 is 0 Å². The number of carbonyl (C=O) groups excluding carboxylic acids is 1. The van der Waals surface area contributed by atoms with Gasteiger partial charge in [-0.3, -0.25) is 9.48 Å². The number of nitrogens with one attached hydrogen (secondary N) is 2. The Balaban J connectivity index is 1.95. The van der Waals surface area contributed by atoms with Crippen molar-refractivity contribution in [2.24, 2.45) is 0 Å². The Bertz CT molecular complexity index is 366. The molecule has 0 bridgehead atoms. The van der Waals surface area contributed by atoms with Crippen LogP contribution >= 0.6 is 0 Å². The number of carbonyl (C=O) groups is 1. The van der Waals surface area contributed by atoms with E-state index in [1.165, 1.54) is 0 Å². The van der Waals surface area contributed by atoms with E-state index in [9.17, 15) is 4.79 Å². The van der Waals surface area contributed by atoms with Gasteiger partial charge in [0.05, 0.1) is 17.9 Å². The molecule has 0 saturated carbocycles. The van der Waals surface area contributed by atoms with Gasteiger partial charge in [0.15, 0.2) is 0 Å². The van der Waals surface area contributed by atoms with Gasteiger partial charge in [-0.05, 0) is 33.2 Å². The lowest BCUT2D eigenvalue weighted by molar-refractivity contribution is -0.117. The smallest absolute Gasteiger partial charge is 0.241 e. The van der Waals surface area contributed by atoms with Crippen LogP contribution in [0.25, 0.3) is 0 Å². The fourth-order valence-electron chi connectivity index (χ4n) is 1.82. The van der Waals surface area contributed by atoms with E-state index in [1.54, 1.807) is 6.20 Å². The standard InChI is InChI=1S/C11H18N4O/c1-8(2)15-7-9(6-13-15)14-11(16)10-4-3-5-12-10/h6-8,10,12H,3-5H2,1-2H3,(H,14,16)/t10-/m1/s1. The van der Waals surface area contributed by atoms with E-state index in [4.69, 9.17) is 0 Å². The Morgan fingerprint density at radius 2 is 2.50 bits per heavy atom. The van der Waals surface area contributed by atoms with Crippen LogP contribution in [0.2, 0.25) is 0 Å². The summed E-state index contributed by atoms with van der Waals surface area (Å²) in [5, 5.41) is 10.2. The minimum Gasteiger partial charge on any atom is -0.322 e. The zero-order valence-corrected chi connectivity index (χ0v) is 9.73. The summed E-state index contributed by atoms with van der Waals surface area (Å²) in [4.78, 5) is 11.8. The molecular weight excluding hydrogens is 204 g/mol. The van der Waals surface area contributed by atoms with Gasteiger partial charge in [-0.2, -0.15) is 5.10 Å². The van der Waals surface area contributed by atoms with Crippen molar-refractivity contribution < 1.29 is 4.79 Å². The second-order valence-electron chi connectivity index (χ2n) is 4.44. The summed E-state index contributed by atoms with van der Waals surface area (Å²) < 4.78 is 1.83. The van der Waals surface area contributed by atoms with Crippen LogP contribution in [0, 0.1) is 0 Å². The van der Waals surface area contributed by atoms with Crippen molar-refractivity contribution in [1.29, 1.82) is 0 Å². The van der Waals surface area contributed by atoms with Crippen molar-refractivity contribution in [3.8, 4) is 0 Å². The van der Waals surface area contributed by atoms with Crippen molar-refractivity contribution in [1.82, 2.24) is 15.1 Å². The third-order valence-corrected chi connectivity index (χ3v) is 2.77. The maximum atomic E-state index is 11.8. The monoisotopic (exact) mass is 222 g/mol. The third kappa shape index (κ3) is 2.41. The first-order chi connectivity index (χ1) is 7.66. The van der Waals surface area contributed by atoms with Gasteiger partial charge in [0.25, 0.3) is 0 Å². The highest BCUT2D eigenvalue weighted by atomic mass is 16.2. The molecule has 2 N–H and O–H groups in total. The molecule has 0 unspecified atom stereocenters. The molecule has 0 aliphatic carbocycles. The molecule has 2 heterocycles. The molecule has 5 heteroatoms.